The van der Waals surface area contributed by atoms with Gasteiger partial charge in [0.25, 0.3) is 0 Å². The van der Waals surface area contributed by atoms with Crippen molar-refractivity contribution in [1.29, 1.82) is 0 Å². The van der Waals surface area contributed by atoms with Crippen LogP contribution in [0.1, 0.15) is 78.6 Å². The van der Waals surface area contributed by atoms with Gasteiger partial charge in [0.1, 0.15) is 0 Å². The number of hydrogen-bond acceptors (Lipinski definition) is 4. The van der Waals surface area contributed by atoms with Gasteiger partial charge in [-0.15, -0.1) is 0 Å². The summed E-state index contributed by atoms with van der Waals surface area (Å²) in [7, 11) is 0. The maximum absolute atomic E-state index is 11.6. The highest BCUT2D eigenvalue weighted by atomic mass is 16.7. The van der Waals surface area contributed by atoms with E-state index in [1.54, 1.807) is 0 Å². The number of ether oxygens (including phenoxy) is 2. The van der Waals surface area contributed by atoms with Gasteiger partial charge >= 0.3 is 0 Å². The van der Waals surface area contributed by atoms with Crippen molar-refractivity contribution < 1.29 is 19.7 Å². The largest absolute Gasteiger partial charge is 0.396 e. The van der Waals surface area contributed by atoms with E-state index in [1.165, 1.54) is 19.3 Å². The molecule has 5 fully saturated rings. The van der Waals surface area contributed by atoms with Gasteiger partial charge in [0.15, 0.2) is 5.79 Å². The van der Waals surface area contributed by atoms with Crippen LogP contribution in [-0.4, -0.2) is 41.4 Å². The molecule has 0 aromatic carbocycles. The van der Waals surface area contributed by atoms with Crippen LogP contribution in [0.25, 0.3) is 0 Å². The number of fused-ring (bicyclic) bond motifs is 5. The van der Waals surface area contributed by atoms with Crippen LogP contribution in [0, 0.1) is 40.4 Å². The Morgan fingerprint density at radius 3 is 2.43 bits per heavy atom. The number of aliphatic hydroxyl groups excluding tert-OH is 1. The van der Waals surface area contributed by atoms with Gasteiger partial charge in [-0.1, -0.05) is 32.9 Å². The Morgan fingerprint density at radius 2 is 1.70 bits per heavy atom. The molecular formula is C26H42O4. The van der Waals surface area contributed by atoms with Gasteiger partial charge in [0.2, 0.25) is 0 Å². The van der Waals surface area contributed by atoms with Crippen molar-refractivity contribution in [3.8, 4) is 0 Å². The minimum atomic E-state index is -0.705. The Morgan fingerprint density at radius 1 is 0.967 bits per heavy atom. The first-order valence-electron chi connectivity index (χ1n) is 12.6. The second kappa shape index (κ2) is 7.30. The molecule has 0 amide bonds. The molecule has 1 aliphatic heterocycles. The normalized spacial score (nSPS) is 52.4. The van der Waals surface area contributed by atoms with E-state index in [2.05, 4.69) is 20.8 Å². The highest BCUT2D eigenvalue weighted by Crippen LogP contribution is 2.70. The lowest BCUT2D eigenvalue weighted by molar-refractivity contribution is -0.249. The molecule has 170 valence electrons. The molecule has 5 aliphatic rings. The van der Waals surface area contributed by atoms with Gasteiger partial charge in [-0.25, -0.2) is 0 Å². The summed E-state index contributed by atoms with van der Waals surface area (Å²) in [6, 6.07) is 0. The van der Waals surface area contributed by atoms with E-state index < -0.39 is 5.60 Å². The van der Waals surface area contributed by atoms with Crippen LogP contribution < -0.4 is 0 Å². The monoisotopic (exact) mass is 418 g/mol. The number of hydrogen-bond donors (Lipinski definition) is 2. The minimum Gasteiger partial charge on any atom is -0.396 e. The predicted octanol–water partition coefficient (Wildman–Crippen LogP) is 4.69. The fourth-order valence-electron chi connectivity index (χ4n) is 9.12. The molecule has 5 rings (SSSR count). The first-order valence-corrected chi connectivity index (χ1v) is 12.6. The summed E-state index contributed by atoms with van der Waals surface area (Å²) in [5.41, 5.74) is -0.373. The van der Waals surface area contributed by atoms with Crippen LogP contribution in [0.2, 0.25) is 0 Å². The van der Waals surface area contributed by atoms with Crippen LogP contribution in [0.3, 0.4) is 0 Å². The van der Waals surface area contributed by atoms with Crippen molar-refractivity contribution in [2.45, 2.75) is 89.9 Å². The molecule has 0 radical (unpaired) electrons. The van der Waals surface area contributed by atoms with E-state index in [9.17, 15) is 5.11 Å². The van der Waals surface area contributed by atoms with Gasteiger partial charge < -0.3 is 19.7 Å². The lowest BCUT2D eigenvalue weighted by atomic mass is 9.42. The van der Waals surface area contributed by atoms with Gasteiger partial charge in [0.05, 0.1) is 18.8 Å². The third kappa shape index (κ3) is 2.86. The molecule has 0 bridgehead atoms. The van der Waals surface area contributed by atoms with Crippen LogP contribution in [0.5, 0.6) is 0 Å². The summed E-state index contributed by atoms with van der Waals surface area (Å²) < 4.78 is 12.3. The van der Waals surface area contributed by atoms with Crippen LogP contribution >= 0.6 is 0 Å². The molecule has 30 heavy (non-hydrogen) atoms. The van der Waals surface area contributed by atoms with E-state index in [0.29, 0.717) is 29.6 Å². The molecule has 4 heteroatoms. The molecule has 0 aromatic heterocycles. The highest BCUT2D eigenvalue weighted by molar-refractivity contribution is 5.20. The van der Waals surface area contributed by atoms with Gasteiger partial charge in [-0.3, -0.25) is 0 Å². The molecule has 1 heterocycles. The lowest BCUT2D eigenvalue weighted by Crippen LogP contribution is -2.60. The zero-order valence-electron chi connectivity index (χ0n) is 19.2. The summed E-state index contributed by atoms with van der Waals surface area (Å²) in [5.74, 6) is 3.09. The average Bonchev–Trinajstić information content (AvgIpc) is 3.26. The van der Waals surface area contributed by atoms with Gasteiger partial charge in [-0.05, 0) is 80.0 Å². The fourth-order valence-corrected chi connectivity index (χ4v) is 9.12. The summed E-state index contributed by atoms with van der Waals surface area (Å²) in [4.78, 5) is 0. The summed E-state index contributed by atoms with van der Waals surface area (Å²) in [6.07, 6.45) is 13.7. The van der Waals surface area contributed by atoms with Crippen molar-refractivity contribution >= 4 is 0 Å². The van der Waals surface area contributed by atoms with Crippen LogP contribution in [0.4, 0.5) is 0 Å². The van der Waals surface area contributed by atoms with Gasteiger partial charge in [-0.2, -0.15) is 0 Å². The summed E-state index contributed by atoms with van der Waals surface area (Å²) >= 11 is 0. The Balaban J connectivity index is 1.40. The maximum Gasteiger partial charge on any atom is 0.169 e. The molecule has 1 spiro atoms. The third-order valence-electron chi connectivity index (χ3n) is 10.9. The first-order chi connectivity index (χ1) is 14.3. The third-order valence-corrected chi connectivity index (χ3v) is 10.9. The zero-order chi connectivity index (χ0) is 21.2. The molecule has 8 atom stereocenters. The SMILES string of the molecule is C[C@H]1CC2(C[C@@H]3CC[C@@H]4[C@H](CC[C@@]5(C)[C@H]4CC[C@@]5(O)C=CCCO)[C@]31C)OCCO2. The molecule has 1 saturated heterocycles. The minimum absolute atomic E-state index is 0.0277. The Kier molecular flexibility index (Phi) is 5.21. The molecule has 0 aromatic rings. The molecule has 4 nitrogen and oxygen atoms in total. The van der Waals surface area contributed by atoms with E-state index >= 15 is 0 Å². The average molecular weight is 419 g/mol. The zero-order valence-corrected chi connectivity index (χ0v) is 19.2. The molecule has 4 aliphatic carbocycles. The van der Waals surface area contributed by atoms with Crippen molar-refractivity contribution in [1.82, 2.24) is 0 Å². The van der Waals surface area contributed by atoms with Gasteiger partial charge in [0, 0.05) is 24.9 Å². The van der Waals surface area contributed by atoms with E-state index in [0.717, 1.165) is 57.2 Å². The van der Waals surface area contributed by atoms with Crippen molar-refractivity contribution in [3.63, 3.8) is 0 Å². The molecule has 4 saturated carbocycles. The number of rotatable bonds is 3. The maximum atomic E-state index is 11.6. The van der Waals surface area contributed by atoms with Crippen molar-refractivity contribution in [2.75, 3.05) is 19.8 Å². The van der Waals surface area contributed by atoms with Crippen LogP contribution in [0.15, 0.2) is 12.2 Å². The Bertz CT molecular complexity index is 685. The van der Waals surface area contributed by atoms with Crippen molar-refractivity contribution in [2.24, 2.45) is 40.4 Å². The Hall–Kier alpha value is -0.420. The van der Waals surface area contributed by atoms with E-state index in [4.69, 9.17) is 14.6 Å². The second-order valence-corrected chi connectivity index (χ2v) is 11.8. The quantitative estimate of drug-likeness (QED) is 0.653. The number of aliphatic hydroxyl groups is 2. The molecular weight excluding hydrogens is 376 g/mol. The predicted molar refractivity (Wildman–Crippen MR) is 117 cm³/mol. The van der Waals surface area contributed by atoms with Crippen molar-refractivity contribution in [3.05, 3.63) is 12.2 Å². The van der Waals surface area contributed by atoms with E-state index in [1.807, 2.05) is 12.2 Å². The second-order valence-electron chi connectivity index (χ2n) is 11.8. The van der Waals surface area contributed by atoms with Crippen LogP contribution in [-0.2, 0) is 9.47 Å². The first kappa shape index (κ1) is 21.4. The molecule has 0 unspecified atom stereocenters. The topological polar surface area (TPSA) is 58.9 Å². The molecule has 2 N–H and O–H groups in total. The highest BCUT2D eigenvalue weighted by Gasteiger charge is 2.66. The Labute approximate surface area is 182 Å². The van der Waals surface area contributed by atoms with E-state index in [-0.39, 0.29) is 17.8 Å². The summed E-state index contributed by atoms with van der Waals surface area (Å²) in [6.45, 7) is 9.07. The smallest absolute Gasteiger partial charge is 0.169 e. The fraction of sp³-hybridized carbons (Fsp3) is 0.923. The lowest BCUT2D eigenvalue weighted by Gasteiger charge is -2.64. The standard InChI is InChI=1S/C26H42O4/c1-18-16-26(29-14-15-30-26)17-19-6-7-20-21-9-12-25(28,10-4-5-13-27)23(21,2)11-8-22(20)24(18,19)3/h4,10,18-22,27-28H,5-9,11-17H2,1-3H3/t18-,19-,20-,21-,22-,23-,24-,25-/m0/s1. The summed E-state index contributed by atoms with van der Waals surface area (Å²) in [5, 5.41) is 20.8.